The van der Waals surface area contributed by atoms with Crippen LogP contribution < -0.4 is 5.32 Å². The second-order valence-corrected chi connectivity index (χ2v) is 10.9. The van der Waals surface area contributed by atoms with E-state index in [2.05, 4.69) is 53.7 Å². The van der Waals surface area contributed by atoms with Gasteiger partial charge in [-0.15, -0.1) is 5.10 Å². The minimum atomic E-state index is 0.0814. The number of rotatable bonds is 6. The van der Waals surface area contributed by atoms with E-state index in [1.54, 1.807) is 4.68 Å². The molecule has 0 spiro atoms. The predicted octanol–water partition coefficient (Wildman–Crippen LogP) is 4.09. The Kier molecular flexibility index (Phi) is 5.12. The maximum atomic E-state index is 12.8. The van der Waals surface area contributed by atoms with E-state index in [1.807, 2.05) is 6.07 Å². The van der Waals surface area contributed by atoms with E-state index in [4.69, 9.17) is 0 Å². The molecule has 1 atom stereocenters. The molecule has 1 amide bonds. The first-order valence-electron chi connectivity index (χ1n) is 11.2. The molecule has 0 unspecified atom stereocenters. The molecule has 0 saturated heterocycles. The summed E-state index contributed by atoms with van der Waals surface area (Å²) in [6.45, 7) is 6.40. The minimum absolute atomic E-state index is 0.0814. The largest absolute Gasteiger partial charge is 0.352 e. The van der Waals surface area contributed by atoms with E-state index in [1.165, 1.54) is 61.4 Å². The number of nitrogens with zero attached hydrogens (tertiary/aromatic N) is 4. The number of tetrazole rings is 1. The fourth-order valence-electron chi connectivity index (χ4n) is 6.56. The van der Waals surface area contributed by atoms with Crippen LogP contribution in [0.5, 0.6) is 0 Å². The summed E-state index contributed by atoms with van der Waals surface area (Å²) in [7, 11) is 0. The van der Waals surface area contributed by atoms with Crippen molar-refractivity contribution in [3.63, 3.8) is 0 Å². The molecule has 4 fully saturated rings. The Morgan fingerprint density at radius 3 is 2.47 bits per heavy atom. The third kappa shape index (κ3) is 3.66. The molecule has 30 heavy (non-hydrogen) atoms. The first-order chi connectivity index (χ1) is 14.4. The highest BCUT2D eigenvalue weighted by Crippen LogP contribution is 2.61. The van der Waals surface area contributed by atoms with Gasteiger partial charge in [-0.25, -0.2) is 0 Å². The summed E-state index contributed by atoms with van der Waals surface area (Å²) < 4.78 is 1.72. The topological polar surface area (TPSA) is 72.7 Å². The Morgan fingerprint density at radius 2 is 1.83 bits per heavy atom. The number of carbonyl (C=O) groups excluding carboxylic acids is 1. The fraction of sp³-hybridized carbons (Fsp3) is 0.652. The van der Waals surface area contributed by atoms with E-state index < -0.39 is 0 Å². The second kappa shape index (κ2) is 7.66. The average molecular weight is 426 g/mol. The first kappa shape index (κ1) is 20.0. The highest BCUT2D eigenvalue weighted by atomic mass is 32.2. The fourth-order valence-corrected chi connectivity index (χ4v) is 7.26. The standard InChI is InChI=1S/C23H31N5OS/c1-14-4-5-20(6-15(14)2)28-22(25-26-27-28)30-13-21(29)24-16(3)23-10-17-7-18(11-23)9-19(8-17)12-23/h4-6,16-19H,7-13H2,1-3H3,(H,24,29)/t16-,17?,18?,19?,23?/m1/s1. The molecule has 2 aromatic rings. The van der Waals surface area contributed by atoms with E-state index in [-0.39, 0.29) is 11.9 Å². The van der Waals surface area contributed by atoms with Crippen LogP contribution in [0.4, 0.5) is 0 Å². The molecule has 160 valence electrons. The number of benzene rings is 1. The molecule has 4 bridgehead atoms. The Hall–Kier alpha value is -1.89. The zero-order chi connectivity index (χ0) is 20.9. The maximum absolute atomic E-state index is 12.8. The molecule has 4 saturated carbocycles. The zero-order valence-electron chi connectivity index (χ0n) is 18.1. The van der Waals surface area contributed by atoms with Gasteiger partial charge < -0.3 is 5.32 Å². The Labute approximate surface area is 182 Å². The van der Waals surface area contributed by atoms with Gasteiger partial charge in [-0.1, -0.05) is 17.8 Å². The molecule has 4 aliphatic rings. The predicted molar refractivity (Wildman–Crippen MR) is 118 cm³/mol. The van der Waals surface area contributed by atoms with Crippen molar-refractivity contribution in [2.75, 3.05) is 5.75 Å². The molecule has 6 nitrogen and oxygen atoms in total. The number of carbonyl (C=O) groups is 1. The highest BCUT2D eigenvalue weighted by Gasteiger charge is 2.53. The van der Waals surface area contributed by atoms with Gasteiger partial charge in [0.25, 0.3) is 0 Å². The highest BCUT2D eigenvalue weighted by molar-refractivity contribution is 7.99. The van der Waals surface area contributed by atoms with Gasteiger partial charge in [0.15, 0.2) is 0 Å². The van der Waals surface area contributed by atoms with Gasteiger partial charge >= 0.3 is 0 Å². The van der Waals surface area contributed by atoms with Crippen LogP contribution >= 0.6 is 11.8 Å². The smallest absolute Gasteiger partial charge is 0.230 e. The number of hydrogen-bond acceptors (Lipinski definition) is 5. The summed E-state index contributed by atoms with van der Waals surface area (Å²) in [5.41, 5.74) is 3.68. The summed E-state index contributed by atoms with van der Waals surface area (Å²) in [4.78, 5) is 12.8. The van der Waals surface area contributed by atoms with Crippen LogP contribution in [-0.2, 0) is 4.79 Å². The number of hydrogen-bond donors (Lipinski definition) is 1. The second-order valence-electron chi connectivity index (χ2n) is 10.00. The van der Waals surface area contributed by atoms with Gasteiger partial charge in [0.05, 0.1) is 11.4 Å². The third-order valence-corrected chi connectivity index (χ3v) is 8.81. The van der Waals surface area contributed by atoms with Gasteiger partial charge in [-0.2, -0.15) is 4.68 Å². The van der Waals surface area contributed by atoms with E-state index >= 15 is 0 Å². The Morgan fingerprint density at radius 1 is 1.17 bits per heavy atom. The average Bonchev–Trinajstić information content (AvgIpc) is 3.16. The summed E-state index contributed by atoms with van der Waals surface area (Å²) in [5.74, 6) is 3.10. The Balaban J connectivity index is 1.21. The van der Waals surface area contributed by atoms with Gasteiger partial charge in [0.2, 0.25) is 11.1 Å². The van der Waals surface area contributed by atoms with Crippen LogP contribution in [0.25, 0.3) is 5.69 Å². The van der Waals surface area contributed by atoms with Crippen molar-refractivity contribution in [1.82, 2.24) is 25.5 Å². The number of amides is 1. The molecule has 4 aliphatic carbocycles. The van der Waals surface area contributed by atoms with Crippen molar-refractivity contribution >= 4 is 17.7 Å². The van der Waals surface area contributed by atoms with Crippen LogP contribution in [0.15, 0.2) is 23.4 Å². The number of nitrogens with one attached hydrogen (secondary N) is 1. The molecular formula is C23H31N5OS. The van der Waals surface area contributed by atoms with E-state index in [9.17, 15) is 4.79 Å². The first-order valence-corrected chi connectivity index (χ1v) is 12.2. The van der Waals surface area contributed by atoms with Crippen LogP contribution in [0, 0.1) is 37.0 Å². The monoisotopic (exact) mass is 425 g/mol. The lowest BCUT2D eigenvalue weighted by Crippen LogP contribution is -2.56. The molecule has 7 heteroatoms. The molecule has 1 N–H and O–H groups in total. The summed E-state index contributed by atoms with van der Waals surface area (Å²) in [5, 5.41) is 16.1. The van der Waals surface area contributed by atoms with Crippen LogP contribution in [0.2, 0.25) is 0 Å². The molecule has 6 rings (SSSR count). The SMILES string of the molecule is Cc1ccc(-n2nnnc2SCC(=O)N[C@H](C)C23CC4CC(CC(C4)C2)C3)cc1C. The summed E-state index contributed by atoms with van der Waals surface area (Å²) in [6.07, 6.45) is 8.20. The van der Waals surface area contributed by atoms with Crippen molar-refractivity contribution in [2.24, 2.45) is 23.2 Å². The van der Waals surface area contributed by atoms with E-state index in [0.29, 0.717) is 16.3 Å². The third-order valence-electron chi connectivity index (χ3n) is 7.89. The normalized spacial score (nSPS) is 30.4. The molecule has 1 heterocycles. The number of thioether (sulfide) groups is 1. The van der Waals surface area contributed by atoms with Gasteiger partial charge in [-0.05, 0) is 116 Å². The van der Waals surface area contributed by atoms with Crippen molar-refractivity contribution in [3.05, 3.63) is 29.3 Å². The van der Waals surface area contributed by atoms with Gasteiger partial charge in [0.1, 0.15) is 0 Å². The minimum Gasteiger partial charge on any atom is -0.352 e. The number of aromatic nitrogens is 4. The van der Waals surface area contributed by atoms with Crippen LogP contribution in [0.1, 0.15) is 56.6 Å². The molecule has 1 aromatic carbocycles. The molecular weight excluding hydrogens is 394 g/mol. The molecule has 1 aromatic heterocycles. The van der Waals surface area contributed by atoms with Gasteiger partial charge in [0, 0.05) is 6.04 Å². The zero-order valence-corrected chi connectivity index (χ0v) is 18.9. The van der Waals surface area contributed by atoms with Gasteiger partial charge in [-0.3, -0.25) is 4.79 Å². The van der Waals surface area contributed by atoms with Crippen molar-refractivity contribution in [3.8, 4) is 5.69 Å². The lowest BCUT2D eigenvalue weighted by atomic mass is 9.48. The van der Waals surface area contributed by atoms with Crippen molar-refractivity contribution in [2.45, 2.75) is 70.5 Å². The van der Waals surface area contributed by atoms with Crippen molar-refractivity contribution < 1.29 is 4.79 Å². The van der Waals surface area contributed by atoms with Crippen LogP contribution in [0.3, 0.4) is 0 Å². The maximum Gasteiger partial charge on any atom is 0.230 e. The molecule has 0 radical (unpaired) electrons. The molecule has 0 aliphatic heterocycles. The number of aryl methyl sites for hydroxylation is 2. The van der Waals surface area contributed by atoms with Crippen molar-refractivity contribution in [1.29, 1.82) is 0 Å². The lowest BCUT2D eigenvalue weighted by Gasteiger charge is -2.59. The quantitative estimate of drug-likeness (QED) is 0.706. The van der Waals surface area contributed by atoms with Crippen LogP contribution in [-0.4, -0.2) is 37.9 Å². The summed E-state index contributed by atoms with van der Waals surface area (Å²) in [6, 6.07) is 6.40. The lowest BCUT2D eigenvalue weighted by molar-refractivity contribution is -0.123. The summed E-state index contributed by atoms with van der Waals surface area (Å²) >= 11 is 1.40. The van der Waals surface area contributed by atoms with E-state index in [0.717, 1.165) is 23.4 Å². The Bertz CT molecular complexity index is 920.